The molecule has 0 bridgehead atoms. The number of hydrogen-bond acceptors (Lipinski definition) is 4. The zero-order valence-electron chi connectivity index (χ0n) is 14.1. The van der Waals surface area contributed by atoms with Gasteiger partial charge in [0.1, 0.15) is 5.60 Å². The number of carbonyl (C=O) groups is 1. The van der Waals surface area contributed by atoms with Gasteiger partial charge >= 0.3 is 6.09 Å². The predicted molar refractivity (Wildman–Crippen MR) is 91.1 cm³/mol. The molecule has 0 radical (unpaired) electrons. The van der Waals surface area contributed by atoms with Gasteiger partial charge in [-0.2, -0.15) is 11.8 Å². The van der Waals surface area contributed by atoms with Gasteiger partial charge in [-0.25, -0.2) is 4.79 Å². The molecule has 1 N–H and O–H groups in total. The fourth-order valence-electron chi connectivity index (χ4n) is 2.07. The average Bonchev–Trinajstić information content (AvgIpc) is 3.19. The molecule has 5 heteroatoms. The maximum absolute atomic E-state index is 12.2. The number of thioether (sulfide) groups is 1. The Morgan fingerprint density at radius 2 is 1.95 bits per heavy atom. The summed E-state index contributed by atoms with van der Waals surface area (Å²) in [5.41, 5.74) is -0.403. The van der Waals surface area contributed by atoms with Crippen LogP contribution in [-0.4, -0.2) is 53.8 Å². The Bertz CT molecular complexity index is 301. The number of hydrogen-bond donors (Lipinski definition) is 1. The lowest BCUT2D eigenvalue weighted by Crippen LogP contribution is -2.39. The first-order chi connectivity index (χ1) is 9.94. The highest BCUT2D eigenvalue weighted by Crippen LogP contribution is 2.28. The van der Waals surface area contributed by atoms with Crippen molar-refractivity contribution in [1.82, 2.24) is 10.2 Å². The second kappa shape index (κ2) is 9.57. The third kappa shape index (κ3) is 9.25. The van der Waals surface area contributed by atoms with Gasteiger partial charge in [-0.05, 0) is 71.0 Å². The Kier molecular flexibility index (Phi) is 8.49. The van der Waals surface area contributed by atoms with Crippen LogP contribution in [0.2, 0.25) is 0 Å². The minimum atomic E-state index is -0.403. The summed E-state index contributed by atoms with van der Waals surface area (Å²) < 4.78 is 5.49. The minimum Gasteiger partial charge on any atom is -0.444 e. The molecule has 1 amide bonds. The van der Waals surface area contributed by atoms with E-state index in [0.29, 0.717) is 6.04 Å². The number of rotatable bonds is 10. The topological polar surface area (TPSA) is 41.6 Å². The van der Waals surface area contributed by atoms with Gasteiger partial charge in [0.15, 0.2) is 0 Å². The molecule has 0 aliphatic heterocycles. The number of nitrogens with zero attached hydrogens (tertiary/aromatic N) is 1. The summed E-state index contributed by atoms with van der Waals surface area (Å²) in [6.45, 7) is 10.8. The van der Waals surface area contributed by atoms with E-state index in [1.165, 1.54) is 17.9 Å². The molecule has 1 fully saturated rings. The van der Waals surface area contributed by atoms with E-state index >= 15 is 0 Å². The third-order valence-corrected chi connectivity index (χ3v) is 4.20. The van der Waals surface area contributed by atoms with E-state index in [-0.39, 0.29) is 6.09 Å². The normalized spacial score (nSPS) is 15.0. The van der Waals surface area contributed by atoms with Gasteiger partial charge in [0.2, 0.25) is 0 Å². The molecule has 0 aromatic carbocycles. The van der Waals surface area contributed by atoms with Gasteiger partial charge in [0, 0.05) is 12.6 Å². The maximum Gasteiger partial charge on any atom is 0.410 e. The van der Waals surface area contributed by atoms with Crippen molar-refractivity contribution in [1.29, 1.82) is 0 Å². The zero-order valence-corrected chi connectivity index (χ0v) is 14.9. The Morgan fingerprint density at radius 3 is 2.52 bits per heavy atom. The number of carbonyl (C=O) groups excluding carboxylic acids is 1. The van der Waals surface area contributed by atoms with E-state index in [9.17, 15) is 4.79 Å². The molecule has 0 heterocycles. The van der Waals surface area contributed by atoms with Crippen molar-refractivity contribution in [2.45, 2.75) is 65.0 Å². The van der Waals surface area contributed by atoms with E-state index in [1.54, 1.807) is 0 Å². The van der Waals surface area contributed by atoms with Crippen LogP contribution in [0.15, 0.2) is 0 Å². The van der Waals surface area contributed by atoms with Crippen molar-refractivity contribution in [2.75, 3.05) is 31.1 Å². The molecule has 0 saturated heterocycles. The summed E-state index contributed by atoms with van der Waals surface area (Å²) in [6.07, 6.45) is 4.32. The van der Waals surface area contributed by atoms with Crippen molar-refractivity contribution in [3.63, 3.8) is 0 Å². The quantitative estimate of drug-likeness (QED) is 0.626. The molecule has 1 aliphatic carbocycles. The van der Waals surface area contributed by atoms with Crippen molar-refractivity contribution in [3.8, 4) is 0 Å². The molecular formula is C16H32N2O2S. The van der Waals surface area contributed by atoms with Crippen LogP contribution in [0, 0.1) is 0 Å². The fraction of sp³-hybridized carbons (Fsp3) is 0.938. The first-order valence-electron chi connectivity index (χ1n) is 8.22. The second-order valence-corrected chi connectivity index (χ2v) is 7.95. The van der Waals surface area contributed by atoms with Crippen molar-refractivity contribution in [3.05, 3.63) is 0 Å². The summed E-state index contributed by atoms with van der Waals surface area (Å²) in [4.78, 5) is 14.1. The second-order valence-electron chi connectivity index (χ2n) is 6.56. The van der Waals surface area contributed by atoms with Crippen LogP contribution < -0.4 is 5.32 Å². The van der Waals surface area contributed by atoms with E-state index < -0.39 is 5.60 Å². The molecule has 1 saturated carbocycles. The SMILES string of the molecule is CCSCCCNCCCN(C(=O)OC(C)(C)C)C1CC1. The monoisotopic (exact) mass is 316 g/mol. The van der Waals surface area contributed by atoms with Crippen LogP contribution in [0.5, 0.6) is 0 Å². The largest absolute Gasteiger partial charge is 0.444 e. The molecule has 0 aromatic rings. The fourth-order valence-corrected chi connectivity index (χ4v) is 2.71. The van der Waals surface area contributed by atoms with Crippen LogP contribution in [0.3, 0.4) is 0 Å². The van der Waals surface area contributed by atoms with Crippen LogP contribution in [-0.2, 0) is 4.74 Å². The summed E-state index contributed by atoms with van der Waals surface area (Å²) in [7, 11) is 0. The summed E-state index contributed by atoms with van der Waals surface area (Å²) >= 11 is 1.99. The Hall–Kier alpha value is -0.420. The van der Waals surface area contributed by atoms with E-state index in [4.69, 9.17) is 4.74 Å². The number of amides is 1. The van der Waals surface area contributed by atoms with Gasteiger partial charge < -0.3 is 15.0 Å². The third-order valence-electron chi connectivity index (χ3n) is 3.21. The first-order valence-corrected chi connectivity index (χ1v) is 9.37. The molecule has 124 valence electrons. The molecule has 4 nitrogen and oxygen atoms in total. The Balaban J connectivity index is 2.13. The van der Waals surface area contributed by atoms with Gasteiger partial charge in [0.05, 0.1) is 0 Å². The van der Waals surface area contributed by atoms with Crippen molar-refractivity contribution in [2.24, 2.45) is 0 Å². The maximum atomic E-state index is 12.2. The molecule has 1 rings (SSSR count). The molecular weight excluding hydrogens is 284 g/mol. The van der Waals surface area contributed by atoms with E-state index in [0.717, 1.165) is 38.9 Å². The zero-order chi connectivity index (χ0) is 15.7. The highest BCUT2D eigenvalue weighted by Gasteiger charge is 2.34. The van der Waals surface area contributed by atoms with E-state index in [1.807, 2.05) is 37.4 Å². The van der Waals surface area contributed by atoms with Crippen LogP contribution in [0.25, 0.3) is 0 Å². The predicted octanol–water partition coefficient (Wildman–Crippen LogP) is 3.51. The van der Waals surface area contributed by atoms with Gasteiger partial charge in [-0.3, -0.25) is 0 Å². The smallest absolute Gasteiger partial charge is 0.410 e. The molecule has 0 atom stereocenters. The van der Waals surface area contributed by atoms with Crippen LogP contribution >= 0.6 is 11.8 Å². The standard InChI is InChI=1S/C16H32N2O2S/c1-5-21-13-7-11-17-10-6-12-18(14-8-9-14)15(19)20-16(2,3)4/h14,17H,5-13H2,1-4H3. The lowest BCUT2D eigenvalue weighted by molar-refractivity contribution is 0.0232. The van der Waals surface area contributed by atoms with Crippen LogP contribution in [0.1, 0.15) is 53.4 Å². The summed E-state index contributed by atoms with van der Waals surface area (Å²) in [5, 5.41) is 3.45. The molecule has 0 aromatic heterocycles. The Labute approximate surface area is 134 Å². The van der Waals surface area contributed by atoms with Gasteiger partial charge in [-0.15, -0.1) is 0 Å². The molecule has 0 unspecified atom stereocenters. The highest BCUT2D eigenvalue weighted by atomic mass is 32.2. The van der Waals surface area contributed by atoms with Crippen molar-refractivity contribution >= 4 is 17.9 Å². The summed E-state index contributed by atoms with van der Waals surface area (Å²) in [6, 6.07) is 0.417. The molecule has 0 spiro atoms. The summed E-state index contributed by atoms with van der Waals surface area (Å²) in [5.74, 6) is 2.43. The number of ether oxygens (including phenoxy) is 1. The number of nitrogens with one attached hydrogen (secondary N) is 1. The average molecular weight is 317 g/mol. The van der Waals surface area contributed by atoms with Crippen LogP contribution in [0.4, 0.5) is 4.79 Å². The van der Waals surface area contributed by atoms with E-state index in [2.05, 4.69) is 12.2 Å². The molecule has 1 aliphatic rings. The van der Waals surface area contributed by atoms with Gasteiger partial charge in [0.25, 0.3) is 0 Å². The minimum absolute atomic E-state index is 0.149. The highest BCUT2D eigenvalue weighted by molar-refractivity contribution is 7.99. The Morgan fingerprint density at radius 1 is 1.29 bits per heavy atom. The first kappa shape index (κ1) is 18.6. The lowest BCUT2D eigenvalue weighted by Gasteiger charge is -2.27. The molecule has 21 heavy (non-hydrogen) atoms. The van der Waals surface area contributed by atoms with Gasteiger partial charge in [-0.1, -0.05) is 6.92 Å². The lowest BCUT2D eigenvalue weighted by atomic mass is 10.2. The van der Waals surface area contributed by atoms with Crippen molar-refractivity contribution < 1.29 is 9.53 Å².